The summed E-state index contributed by atoms with van der Waals surface area (Å²) in [5.41, 5.74) is 0. The lowest BCUT2D eigenvalue weighted by Gasteiger charge is -2.15. The van der Waals surface area contributed by atoms with Gasteiger partial charge in [0.15, 0.2) is 0 Å². The zero-order valence-corrected chi connectivity index (χ0v) is 9.30. The molecule has 80 valence electrons. The van der Waals surface area contributed by atoms with Crippen molar-refractivity contribution in [3.8, 4) is 0 Å². The minimum absolute atomic E-state index is 0.291. The van der Waals surface area contributed by atoms with Crippen LogP contribution in [0.3, 0.4) is 0 Å². The molecule has 0 rings (SSSR count). The van der Waals surface area contributed by atoms with E-state index in [0.29, 0.717) is 12.0 Å². The normalized spacial score (nSPS) is 13.6. The Kier molecular flexibility index (Phi) is 8.40. The van der Waals surface area contributed by atoms with Crippen LogP contribution in [0.25, 0.3) is 0 Å². The van der Waals surface area contributed by atoms with Crippen molar-refractivity contribution >= 4 is 0 Å². The quantitative estimate of drug-likeness (QED) is 0.584. The molecule has 0 aliphatic carbocycles. The van der Waals surface area contributed by atoms with Gasteiger partial charge in [0.05, 0.1) is 12.7 Å². The second kappa shape index (κ2) is 8.48. The predicted octanol–water partition coefficient (Wildman–Crippen LogP) is 1.28. The van der Waals surface area contributed by atoms with Crippen LogP contribution in [0.15, 0.2) is 0 Å². The molecule has 0 aromatic rings. The fourth-order valence-corrected chi connectivity index (χ4v) is 0.895. The summed E-state index contributed by atoms with van der Waals surface area (Å²) in [5.74, 6) is 0.612. The van der Waals surface area contributed by atoms with Crippen molar-refractivity contribution in [3.05, 3.63) is 0 Å². The molecule has 0 saturated carbocycles. The SMILES string of the molecule is COCCNCC(C)OCC(C)C. The van der Waals surface area contributed by atoms with E-state index in [1.165, 1.54) is 0 Å². The number of ether oxygens (including phenoxy) is 2. The molecule has 1 N–H and O–H groups in total. The third-order valence-electron chi connectivity index (χ3n) is 1.63. The van der Waals surface area contributed by atoms with E-state index in [9.17, 15) is 0 Å². The third-order valence-corrected chi connectivity index (χ3v) is 1.63. The van der Waals surface area contributed by atoms with Gasteiger partial charge >= 0.3 is 0 Å². The van der Waals surface area contributed by atoms with Crippen LogP contribution in [-0.2, 0) is 9.47 Å². The van der Waals surface area contributed by atoms with Crippen molar-refractivity contribution in [1.82, 2.24) is 5.32 Å². The number of methoxy groups -OCH3 is 1. The Hall–Kier alpha value is -0.120. The van der Waals surface area contributed by atoms with E-state index < -0.39 is 0 Å². The van der Waals surface area contributed by atoms with Crippen molar-refractivity contribution in [1.29, 1.82) is 0 Å². The van der Waals surface area contributed by atoms with Crippen LogP contribution in [-0.4, -0.2) is 39.5 Å². The summed E-state index contributed by atoms with van der Waals surface area (Å²) < 4.78 is 10.5. The van der Waals surface area contributed by atoms with Crippen LogP contribution in [0.4, 0.5) is 0 Å². The van der Waals surface area contributed by atoms with E-state index in [0.717, 1.165) is 26.3 Å². The lowest BCUT2D eigenvalue weighted by Crippen LogP contribution is -2.30. The van der Waals surface area contributed by atoms with Crippen LogP contribution in [0.2, 0.25) is 0 Å². The number of nitrogens with one attached hydrogen (secondary N) is 1. The van der Waals surface area contributed by atoms with Gasteiger partial charge in [0.2, 0.25) is 0 Å². The summed E-state index contributed by atoms with van der Waals surface area (Å²) in [6, 6.07) is 0. The first-order chi connectivity index (χ1) is 6.16. The van der Waals surface area contributed by atoms with Crippen molar-refractivity contribution < 1.29 is 9.47 Å². The highest BCUT2D eigenvalue weighted by Gasteiger charge is 2.02. The highest BCUT2D eigenvalue weighted by Crippen LogP contribution is 1.96. The number of hydrogen-bond donors (Lipinski definition) is 1. The fraction of sp³-hybridized carbons (Fsp3) is 1.00. The third kappa shape index (κ3) is 9.80. The van der Waals surface area contributed by atoms with Crippen molar-refractivity contribution in [3.63, 3.8) is 0 Å². The molecule has 0 bridgehead atoms. The molecule has 1 unspecified atom stereocenters. The van der Waals surface area contributed by atoms with E-state index in [1.54, 1.807) is 7.11 Å². The lowest BCUT2D eigenvalue weighted by molar-refractivity contribution is 0.0468. The molecule has 0 saturated heterocycles. The first-order valence-electron chi connectivity index (χ1n) is 4.98. The lowest BCUT2D eigenvalue weighted by atomic mass is 10.2. The van der Waals surface area contributed by atoms with Gasteiger partial charge in [0.1, 0.15) is 0 Å². The van der Waals surface area contributed by atoms with Crippen molar-refractivity contribution in [2.45, 2.75) is 26.9 Å². The minimum Gasteiger partial charge on any atom is -0.383 e. The average molecular weight is 189 g/mol. The molecule has 1 atom stereocenters. The number of hydrogen-bond acceptors (Lipinski definition) is 3. The minimum atomic E-state index is 0.291. The summed E-state index contributed by atoms with van der Waals surface area (Å²) in [5, 5.41) is 3.26. The molecule has 0 heterocycles. The van der Waals surface area contributed by atoms with Gasteiger partial charge in [-0.1, -0.05) is 13.8 Å². The van der Waals surface area contributed by atoms with E-state index in [-0.39, 0.29) is 0 Å². The topological polar surface area (TPSA) is 30.5 Å². The van der Waals surface area contributed by atoms with E-state index in [4.69, 9.17) is 9.47 Å². The first-order valence-corrected chi connectivity index (χ1v) is 4.98. The monoisotopic (exact) mass is 189 g/mol. The summed E-state index contributed by atoms with van der Waals surface area (Å²) in [7, 11) is 1.71. The Morgan fingerprint density at radius 2 is 1.92 bits per heavy atom. The van der Waals surface area contributed by atoms with Gasteiger partial charge in [-0.05, 0) is 12.8 Å². The van der Waals surface area contributed by atoms with Gasteiger partial charge in [-0.3, -0.25) is 0 Å². The maximum Gasteiger partial charge on any atom is 0.0671 e. The van der Waals surface area contributed by atoms with Gasteiger partial charge < -0.3 is 14.8 Å². The Morgan fingerprint density at radius 1 is 1.23 bits per heavy atom. The highest BCUT2D eigenvalue weighted by atomic mass is 16.5. The molecule has 13 heavy (non-hydrogen) atoms. The summed E-state index contributed by atoms with van der Waals surface area (Å²) in [6.07, 6.45) is 0.291. The van der Waals surface area contributed by atoms with Crippen LogP contribution in [0.1, 0.15) is 20.8 Å². The van der Waals surface area contributed by atoms with Crippen molar-refractivity contribution in [2.75, 3.05) is 33.4 Å². The van der Waals surface area contributed by atoms with E-state index >= 15 is 0 Å². The van der Waals surface area contributed by atoms with Crippen LogP contribution < -0.4 is 5.32 Å². The van der Waals surface area contributed by atoms with Gasteiger partial charge in [0.25, 0.3) is 0 Å². The van der Waals surface area contributed by atoms with Gasteiger partial charge in [-0.2, -0.15) is 0 Å². The smallest absolute Gasteiger partial charge is 0.0671 e. The highest BCUT2D eigenvalue weighted by molar-refractivity contribution is 4.55. The first kappa shape index (κ1) is 12.9. The van der Waals surface area contributed by atoms with Crippen LogP contribution in [0, 0.1) is 5.92 Å². The van der Waals surface area contributed by atoms with Gasteiger partial charge in [0, 0.05) is 26.8 Å². The molecule has 0 aromatic carbocycles. The Morgan fingerprint density at radius 3 is 2.46 bits per heavy atom. The van der Waals surface area contributed by atoms with Crippen LogP contribution >= 0.6 is 0 Å². The molecule has 0 amide bonds. The number of rotatable bonds is 8. The molecule has 0 aromatic heterocycles. The summed E-state index contributed by atoms with van der Waals surface area (Å²) in [4.78, 5) is 0. The second-order valence-corrected chi connectivity index (χ2v) is 3.73. The molecular formula is C10H23NO2. The Bertz CT molecular complexity index is 107. The van der Waals surface area contributed by atoms with E-state index in [1.807, 2.05) is 0 Å². The predicted molar refractivity (Wildman–Crippen MR) is 55.0 cm³/mol. The van der Waals surface area contributed by atoms with Crippen LogP contribution in [0.5, 0.6) is 0 Å². The molecule has 0 aliphatic rings. The Balaban J connectivity index is 3.15. The van der Waals surface area contributed by atoms with Crippen molar-refractivity contribution in [2.24, 2.45) is 5.92 Å². The van der Waals surface area contributed by atoms with Gasteiger partial charge in [-0.25, -0.2) is 0 Å². The molecule has 0 radical (unpaired) electrons. The maximum absolute atomic E-state index is 5.58. The molecule has 0 spiro atoms. The Labute approximate surface area is 81.8 Å². The standard InChI is InChI=1S/C10H23NO2/c1-9(2)8-13-10(3)7-11-5-6-12-4/h9-11H,5-8H2,1-4H3. The fourth-order valence-electron chi connectivity index (χ4n) is 0.895. The largest absolute Gasteiger partial charge is 0.383 e. The molecule has 0 fully saturated rings. The molecule has 0 aliphatic heterocycles. The maximum atomic E-state index is 5.58. The van der Waals surface area contributed by atoms with Gasteiger partial charge in [-0.15, -0.1) is 0 Å². The molecule has 3 nitrogen and oxygen atoms in total. The van der Waals surface area contributed by atoms with E-state index in [2.05, 4.69) is 26.1 Å². The zero-order chi connectivity index (χ0) is 10.1. The summed E-state index contributed by atoms with van der Waals surface area (Å²) in [6.45, 7) is 9.80. The molecular weight excluding hydrogens is 166 g/mol. The molecule has 3 heteroatoms. The average Bonchev–Trinajstić information content (AvgIpc) is 2.09. The second-order valence-electron chi connectivity index (χ2n) is 3.73. The zero-order valence-electron chi connectivity index (χ0n) is 9.30. The summed E-state index contributed by atoms with van der Waals surface area (Å²) >= 11 is 0.